The highest BCUT2D eigenvalue weighted by atomic mass is 16.7. The molecular weight excluding hydrogens is 160 g/mol. The molecule has 0 N–H and O–H groups in total. The minimum atomic E-state index is -0.126. The molecule has 2 rings (SSSR count). The van der Waals surface area contributed by atoms with Gasteiger partial charge in [0.05, 0.1) is 26.2 Å². The van der Waals surface area contributed by atoms with Gasteiger partial charge in [-0.3, -0.25) is 4.79 Å². The molecule has 1 heterocycles. The summed E-state index contributed by atoms with van der Waals surface area (Å²) in [6.07, 6.45) is 0. The second-order valence-corrected chi connectivity index (χ2v) is 3.24. The first kappa shape index (κ1) is 8.01. The molecule has 3 atom stereocenters. The maximum absolute atomic E-state index is 11.1. The zero-order valence-electron chi connectivity index (χ0n) is 6.99. The van der Waals surface area contributed by atoms with Gasteiger partial charge >= 0.3 is 5.97 Å². The Morgan fingerprint density at radius 1 is 1.33 bits per heavy atom. The Labute approximate surface area is 70.8 Å². The van der Waals surface area contributed by atoms with E-state index < -0.39 is 0 Å². The summed E-state index contributed by atoms with van der Waals surface area (Å²) < 4.78 is 14.9. The standard InChI is InChI=1S/C8H12O4/c1-10-8(9)7-5-2-11-4-12-3-6(5)7/h5-7H,2-4H2,1H3/t5-,6+,7+. The van der Waals surface area contributed by atoms with Gasteiger partial charge in [0, 0.05) is 11.8 Å². The van der Waals surface area contributed by atoms with Crippen molar-refractivity contribution >= 4 is 5.97 Å². The van der Waals surface area contributed by atoms with Gasteiger partial charge in [0.15, 0.2) is 0 Å². The maximum Gasteiger partial charge on any atom is 0.309 e. The fraction of sp³-hybridized carbons (Fsp3) is 0.875. The van der Waals surface area contributed by atoms with E-state index in [4.69, 9.17) is 9.47 Å². The number of esters is 1. The highest BCUT2D eigenvalue weighted by molar-refractivity contribution is 5.76. The summed E-state index contributed by atoms with van der Waals surface area (Å²) in [5, 5.41) is 0. The second kappa shape index (κ2) is 3.03. The Kier molecular flexibility index (Phi) is 2.02. The van der Waals surface area contributed by atoms with Crippen molar-refractivity contribution < 1.29 is 19.0 Å². The van der Waals surface area contributed by atoms with Crippen LogP contribution in [0.4, 0.5) is 0 Å². The minimum absolute atomic E-state index is 0.0234. The lowest BCUT2D eigenvalue weighted by Gasteiger charge is -2.02. The maximum atomic E-state index is 11.1. The van der Waals surface area contributed by atoms with Crippen molar-refractivity contribution in [3.63, 3.8) is 0 Å². The van der Waals surface area contributed by atoms with Crippen molar-refractivity contribution in [2.75, 3.05) is 27.1 Å². The fourth-order valence-electron chi connectivity index (χ4n) is 1.81. The van der Waals surface area contributed by atoms with E-state index in [-0.39, 0.29) is 11.9 Å². The van der Waals surface area contributed by atoms with Crippen LogP contribution in [-0.2, 0) is 19.0 Å². The zero-order chi connectivity index (χ0) is 8.55. The van der Waals surface area contributed by atoms with Crippen molar-refractivity contribution in [2.45, 2.75) is 0 Å². The molecule has 12 heavy (non-hydrogen) atoms. The Bertz CT molecular complexity index is 179. The minimum Gasteiger partial charge on any atom is -0.469 e. The average molecular weight is 172 g/mol. The van der Waals surface area contributed by atoms with Crippen LogP contribution in [0.1, 0.15) is 0 Å². The molecule has 1 saturated heterocycles. The van der Waals surface area contributed by atoms with Gasteiger partial charge in [0.25, 0.3) is 0 Å². The molecule has 4 nitrogen and oxygen atoms in total. The van der Waals surface area contributed by atoms with Gasteiger partial charge in [-0.2, -0.15) is 0 Å². The Hall–Kier alpha value is -0.610. The lowest BCUT2D eigenvalue weighted by molar-refractivity contribution is -0.144. The third kappa shape index (κ3) is 1.21. The molecule has 0 radical (unpaired) electrons. The number of methoxy groups -OCH3 is 1. The van der Waals surface area contributed by atoms with Crippen molar-refractivity contribution in [3.8, 4) is 0 Å². The van der Waals surface area contributed by atoms with E-state index in [0.29, 0.717) is 31.8 Å². The van der Waals surface area contributed by atoms with Gasteiger partial charge in [-0.15, -0.1) is 0 Å². The molecule has 2 aliphatic rings. The first-order chi connectivity index (χ1) is 5.84. The second-order valence-electron chi connectivity index (χ2n) is 3.24. The molecule has 0 amide bonds. The molecule has 0 aromatic rings. The number of rotatable bonds is 1. The van der Waals surface area contributed by atoms with Crippen LogP contribution in [0.2, 0.25) is 0 Å². The summed E-state index contributed by atoms with van der Waals surface area (Å²) in [4.78, 5) is 11.1. The third-order valence-corrected chi connectivity index (χ3v) is 2.59. The summed E-state index contributed by atoms with van der Waals surface area (Å²) in [7, 11) is 1.42. The van der Waals surface area contributed by atoms with E-state index in [1.807, 2.05) is 0 Å². The van der Waals surface area contributed by atoms with Crippen LogP contribution in [-0.4, -0.2) is 33.1 Å². The predicted molar refractivity (Wildman–Crippen MR) is 39.3 cm³/mol. The van der Waals surface area contributed by atoms with Gasteiger partial charge < -0.3 is 14.2 Å². The molecule has 2 fully saturated rings. The molecule has 0 unspecified atom stereocenters. The number of hydrogen-bond donors (Lipinski definition) is 0. The molecule has 68 valence electrons. The number of carbonyl (C=O) groups is 1. The molecule has 0 bridgehead atoms. The van der Waals surface area contributed by atoms with Gasteiger partial charge in [-0.1, -0.05) is 0 Å². The van der Waals surface area contributed by atoms with Gasteiger partial charge in [0.2, 0.25) is 0 Å². The Morgan fingerprint density at radius 2 is 1.92 bits per heavy atom. The molecule has 0 aromatic carbocycles. The van der Waals surface area contributed by atoms with Crippen LogP contribution >= 0.6 is 0 Å². The summed E-state index contributed by atoms with van der Waals surface area (Å²) in [5.74, 6) is 0.564. The van der Waals surface area contributed by atoms with Gasteiger partial charge in [-0.05, 0) is 0 Å². The lowest BCUT2D eigenvalue weighted by atomic mass is 10.3. The zero-order valence-corrected chi connectivity index (χ0v) is 6.99. The summed E-state index contributed by atoms with van der Waals surface area (Å²) >= 11 is 0. The lowest BCUT2D eigenvalue weighted by Crippen LogP contribution is -2.11. The molecule has 4 heteroatoms. The first-order valence-electron chi connectivity index (χ1n) is 4.08. The van der Waals surface area contributed by atoms with Crippen LogP contribution in [0.15, 0.2) is 0 Å². The molecule has 1 aliphatic heterocycles. The van der Waals surface area contributed by atoms with Crippen LogP contribution in [0.5, 0.6) is 0 Å². The van der Waals surface area contributed by atoms with Gasteiger partial charge in [-0.25, -0.2) is 0 Å². The monoisotopic (exact) mass is 172 g/mol. The smallest absolute Gasteiger partial charge is 0.309 e. The van der Waals surface area contributed by atoms with E-state index in [1.54, 1.807) is 0 Å². The molecular formula is C8H12O4. The molecule has 1 aliphatic carbocycles. The van der Waals surface area contributed by atoms with Crippen molar-refractivity contribution in [3.05, 3.63) is 0 Å². The topological polar surface area (TPSA) is 44.8 Å². The van der Waals surface area contributed by atoms with Crippen LogP contribution in [0, 0.1) is 17.8 Å². The SMILES string of the molecule is COC(=O)[C@H]1[C@@H]2COCOC[C@@H]21. The van der Waals surface area contributed by atoms with Crippen LogP contribution in [0.3, 0.4) is 0 Å². The molecule has 0 spiro atoms. The number of hydrogen-bond acceptors (Lipinski definition) is 4. The van der Waals surface area contributed by atoms with Crippen LogP contribution < -0.4 is 0 Å². The van der Waals surface area contributed by atoms with E-state index in [1.165, 1.54) is 7.11 Å². The normalized spacial score (nSPS) is 39.6. The third-order valence-electron chi connectivity index (χ3n) is 2.59. The highest BCUT2D eigenvalue weighted by Crippen LogP contribution is 2.48. The summed E-state index contributed by atoms with van der Waals surface area (Å²) in [5.41, 5.74) is 0. The summed E-state index contributed by atoms with van der Waals surface area (Å²) in [6, 6.07) is 0. The average Bonchev–Trinajstić information content (AvgIpc) is 2.76. The predicted octanol–water partition coefficient (Wildman–Crippen LogP) is 0.0259. The molecule has 0 aromatic heterocycles. The largest absolute Gasteiger partial charge is 0.469 e. The number of ether oxygens (including phenoxy) is 3. The van der Waals surface area contributed by atoms with E-state index in [0.717, 1.165) is 0 Å². The Balaban J connectivity index is 1.93. The van der Waals surface area contributed by atoms with E-state index in [9.17, 15) is 4.79 Å². The van der Waals surface area contributed by atoms with Crippen molar-refractivity contribution in [2.24, 2.45) is 17.8 Å². The Morgan fingerprint density at radius 3 is 2.42 bits per heavy atom. The fourth-order valence-corrected chi connectivity index (χ4v) is 1.81. The molecule has 1 saturated carbocycles. The van der Waals surface area contributed by atoms with Crippen molar-refractivity contribution in [1.29, 1.82) is 0 Å². The van der Waals surface area contributed by atoms with Gasteiger partial charge in [0.1, 0.15) is 6.79 Å². The van der Waals surface area contributed by atoms with Crippen molar-refractivity contribution in [1.82, 2.24) is 0 Å². The van der Waals surface area contributed by atoms with E-state index >= 15 is 0 Å². The highest BCUT2D eigenvalue weighted by Gasteiger charge is 2.56. The number of fused-ring (bicyclic) bond motifs is 1. The first-order valence-corrected chi connectivity index (χ1v) is 4.08. The quantitative estimate of drug-likeness (QED) is 0.523. The van der Waals surface area contributed by atoms with Crippen LogP contribution in [0.25, 0.3) is 0 Å². The van der Waals surface area contributed by atoms with E-state index in [2.05, 4.69) is 4.74 Å². The summed E-state index contributed by atoms with van der Waals surface area (Å²) in [6.45, 7) is 1.62. The number of carbonyl (C=O) groups excluding carboxylic acids is 1.